The molecule has 0 radical (unpaired) electrons. The van der Waals surface area contributed by atoms with Crippen LogP contribution in [0.2, 0.25) is 0 Å². The van der Waals surface area contributed by atoms with Crippen molar-refractivity contribution < 1.29 is 9.47 Å². The summed E-state index contributed by atoms with van der Waals surface area (Å²) in [6.45, 7) is 2.68. The normalized spacial score (nSPS) is 21.9. The average molecular weight is 254 g/mol. The van der Waals surface area contributed by atoms with Crippen LogP contribution in [-0.4, -0.2) is 12.9 Å². The summed E-state index contributed by atoms with van der Waals surface area (Å²) in [5.74, 6) is 0. The van der Waals surface area contributed by atoms with Gasteiger partial charge in [-0.25, -0.2) is 0 Å². The van der Waals surface area contributed by atoms with Gasteiger partial charge in [-0.05, 0) is 23.6 Å². The molecule has 0 spiro atoms. The molecule has 0 saturated heterocycles. The van der Waals surface area contributed by atoms with Gasteiger partial charge >= 0.3 is 0 Å². The highest BCUT2D eigenvalue weighted by molar-refractivity contribution is 5.37. The zero-order valence-corrected chi connectivity index (χ0v) is 11.1. The second kappa shape index (κ2) is 5.55. The highest BCUT2D eigenvalue weighted by Crippen LogP contribution is 2.35. The monoisotopic (exact) mass is 254 g/mol. The highest BCUT2D eigenvalue weighted by Gasteiger charge is 2.28. The summed E-state index contributed by atoms with van der Waals surface area (Å²) in [5.41, 5.74) is 3.75. The largest absolute Gasteiger partial charge is 0.353 e. The minimum atomic E-state index is -0.148. The molecule has 98 valence electrons. The molecule has 0 bridgehead atoms. The first kappa shape index (κ1) is 12.4. The van der Waals surface area contributed by atoms with E-state index in [0.29, 0.717) is 6.61 Å². The van der Waals surface area contributed by atoms with E-state index in [9.17, 15) is 0 Å². The Morgan fingerprint density at radius 3 is 2.58 bits per heavy atom. The van der Waals surface area contributed by atoms with E-state index in [4.69, 9.17) is 9.47 Å². The lowest BCUT2D eigenvalue weighted by molar-refractivity contribution is -0.167. The molecule has 1 heterocycles. The molecule has 0 N–H and O–H groups in total. The van der Waals surface area contributed by atoms with Gasteiger partial charge in [0, 0.05) is 13.0 Å². The van der Waals surface area contributed by atoms with Crippen molar-refractivity contribution in [2.45, 2.75) is 25.7 Å². The van der Waals surface area contributed by atoms with Crippen molar-refractivity contribution in [2.75, 3.05) is 6.61 Å². The molecule has 1 unspecified atom stereocenters. The van der Waals surface area contributed by atoms with Crippen molar-refractivity contribution in [3.05, 3.63) is 71.3 Å². The molecular weight excluding hydrogens is 236 g/mol. The van der Waals surface area contributed by atoms with Gasteiger partial charge in [-0.15, -0.1) is 0 Å². The summed E-state index contributed by atoms with van der Waals surface area (Å²) in [4.78, 5) is 0. The van der Waals surface area contributed by atoms with Crippen molar-refractivity contribution in [1.82, 2.24) is 0 Å². The first-order valence-corrected chi connectivity index (χ1v) is 6.78. The van der Waals surface area contributed by atoms with E-state index >= 15 is 0 Å². The zero-order chi connectivity index (χ0) is 13.1. The van der Waals surface area contributed by atoms with Gasteiger partial charge in [0.05, 0.1) is 0 Å². The minimum Gasteiger partial charge on any atom is -0.353 e. The molecular formula is C17H18O2. The number of fused-ring (bicyclic) bond motifs is 1. The fourth-order valence-corrected chi connectivity index (χ4v) is 2.60. The summed E-state index contributed by atoms with van der Waals surface area (Å²) >= 11 is 0. The van der Waals surface area contributed by atoms with Crippen LogP contribution in [0.4, 0.5) is 0 Å². The third-order valence-corrected chi connectivity index (χ3v) is 3.47. The van der Waals surface area contributed by atoms with Crippen LogP contribution in [0.5, 0.6) is 0 Å². The molecule has 0 amide bonds. The standard InChI is InChI=1S/C17H18O2/c1-2-18-16-12-14-10-6-7-11-15(14)17(19-16)13-8-4-3-5-9-13/h3-11,16-17H,2,12H2,1H3/t16?,17-/m1/s1. The SMILES string of the molecule is CCOC1Cc2ccccc2[C@@H](c2ccccc2)O1. The first-order valence-electron chi connectivity index (χ1n) is 6.78. The van der Waals surface area contributed by atoms with Crippen molar-refractivity contribution >= 4 is 0 Å². The summed E-state index contributed by atoms with van der Waals surface area (Å²) in [6.07, 6.45) is 0.653. The van der Waals surface area contributed by atoms with Crippen LogP contribution >= 0.6 is 0 Å². The maximum Gasteiger partial charge on any atom is 0.162 e. The van der Waals surface area contributed by atoms with Gasteiger partial charge in [0.2, 0.25) is 0 Å². The van der Waals surface area contributed by atoms with E-state index in [1.807, 2.05) is 25.1 Å². The smallest absolute Gasteiger partial charge is 0.162 e. The molecule has 2 heteroatoms. The number of hydrogen-bond donors (Lipinski definition) is 0. The van der Waals surface area contributed by atoms with Gasteiger partial charge in [0.1, 0.15) is 6.10 Å². The third kappa shape index (κ3) is 2.55. The Balaban J connectivity index is 1.98. The van der Waals surface area contributed by atoms with E-state index in [0.717, 1.165) is 6.42 Å². The molecule has 1 aliphatic heterocycles. The van der Waals surface area contributed by atoms with Gasteiger partial charge < -0.3 is 9.47 Å². The fraction of sp³-hybridized carbons (Fsp3) is 0.294. The van der Waals surface area contributed by atoms with Crippen LogP contribution in [0.25, 0.3) is 0 Å². The van der Waals surface area contributed by atoms with E-state index in [-0.39, 0.29) is 12.4 Å². The van der Waals surface area contributed by atoms with Crippen LogP contribution in [0, 0.1) is 0 Å². The molecule has 3 rings (SSSR count). The molecule has 2 aromatic carbocycles. The van der Waals surface area contributed by atoms with Crippen molar-refractivity contribution in [1.29, 1.82) is 0 Å². The Kier molecular flexibility index (Phi) is 3.62. The van der Waals surface area contributed by atoms with Crippen LogP contribution in [0.3, 0.4) is 0 Å². The number of hydrogen-bond acceptors (Lipinski definition) is 2. The van der Waals surface area contributed by atoms with Crippen molar-refractivity contribution in [2.24, 2.45) is 0 Å². The van der Waals surface area contributed by atoms with Gasteiger partial charge in [0.25, 0.3) is 0 Å². The Bertz CT molecular complexity index is 536. The molecule has 2 nitrogen and oxygen atoms in total. The summed E-state index contributed by atoms with van der Waals surface area (Å²) in [7, 11) is 0. The maximum atomic E-state index is 6.12. The Hall–Kier alpha value is -1.64. The summed E-state index contributed by atoms with van der Waals surface area (Å²) < 4.78 is 11.8. The van der Waals surface area contributed by atoms with Gasteiger partial charge in [-0.2, -0.15) is 0 Å². The summed E-state index contributed by atoms with van der Waals surface area (Å²) in [5, 5.41) is 0. The first-order chi connectivity index (χ1) is 9.38. The quantitative estimate of drug-likeness (QED) is 0.831. The Morgan fingerprint density at radius 2 is 1.79 bits per heavy atom. The molecule has 2 aromatic rings. The second-order valence-electron chi connectivity index (χ2n) is 4.71. The topological polar surface area (TPSA) is 18.5 Å². The molecule has 0 fully saturated rings. The van der Waals surface area contributed by atoms with Crippen molar-refractivity contribution in [3.8, 4) is 0 Å². The van der Waals surface area contributed by atoms with Crippen LogP contribution < -0.4 is 0 Å². The van der Waals surface area contributed by atoms with Gasteiger partial charge in [-0.1, -0.05) is 54.6 Å². The molecule has 2 atom stereocenters. The molecule has 0 aliphatic carbocycles. The van der Waals surface area contributed by atoms with E-state index in [1.54, 1.807) is 0 Å². The molecule has 0 saturated carbocycles. The van der Waals surface area contributed by atoms with E-state index < -0.39 is 0 Å². The predicted octanol–water partition coefficient (Wildman–Crippen LogP) is 3.71. The predicted molar refractivity (Wildman–Crippen MR) is 74.9 cm³/mol. The Labute approximate surface area is 114 Å². The lowest BCUT2D eigenvalue weighted by atomic mass is 9.92. The number of rotatable bonds is 3. The second-order valence-corrected chi connectivity index (χ2v) is 4.71. The van der Waals surface area contributed by atoms with E-state index in [2.05, 4.69) is 36.4 Å². The fourth-order valence-electron chi connectivity index (χ4n) is 2.60. The number of ether oxygens (including phenoxy) is 2. The third-order valence-electron chi connectivity index (χ3n) is 3.47. The van der Waals surface area contributed by atoms with Crippen LogP contribution in [-0.2, 0) is 15.9 Å². The van der Waals surface area contributed by atoms with Gasteiger partial charge in [0.15, 0.2) is 6.29 Å². The zero-order valence-electron chi connectivity index (χ0n) is 11.1. The molecule has 1 aliphatic rings. The average Bonchev–Trinajstić information content (AvgIpc) is 2.48. The molecule has 0 aromatic heterocycles. The maximum absolute atomic E-state index is 6.12. The van der Waals surface area contributed by atoms with Crippen LogP contribution in [0.15, 0.2) is 54.6 Å². The van der Waals surface area contributed by atoms with Crippen molar-refractivity contribution in [3.63, 3.8) is 0 Å². The lowest BCUT2D eigenvalue weighted by Crippen LogP contribution is -2.29. The van der Waals surface area contributed by atoms with Gasteiger partial charge in [-0.3, -0.25) is 0 Å². The summed E-state index contributed by atoms with van der Waals surface area (Å²) in [6, 6.07) is 18.8. The lowest BCUT2D eigenvalue weighted by Gasteiger charge is -2.32. The molecule has 19 heavy (non-hydrogen) atoms. The highest BCUT2D eigenvalue weighted by atomic mass is 16.7. The Morgan fingerprint density at radius 1 is 1.05 bits per heavy atom. The van der Waals surface area contributed by atoms with Crippen LogP contribution in [0.1, 0.15) is 29.7 Å². The number of benzene rings is 2. The minimum absolute atomic E-state index is 0.0253. The van der Waals surface area contributed by atoms with E-state index in [1.165, 1.54) is 16.7 Å².